The molecule has 1 aromatic carbocycles. The fraction of sp³-hybridized carbons (Fsp3) is 0.261. The van der Waals surface area contributed by atoms with Gasteiger partial charge in [0.15, 0.2) is 0 Å². The Labute approximate surface area is 188 Å². The summed E-state index contributed by atoms with van der Waals surface area (Å²) in [6.45, 7) is 1.80. The summed E-state index contributed by atoms with van der Waals surface area (Å²) in [6, 6.07) is 7.21. The Morgan fingerprint density at radius 2 is 1.82 bits per heavy atom. The Morgan fingerprint density at radius 1 is 1.00 bits per heavy atom. The van der Waals surface area contributed by atoms with Crippen LogP contribution >= 0.6 is 0 Å². The number of hydrogen-bond acceptors (Lipinski definition) is 6. The van der Waals surface area contributed by atoms with Gasteiger partial charge in [-0.15, -0.1) is 0 Å². The molecule has 1 aromatic heterocycles. The minimum atomic E-state index is -0.791. The Bertz CT molecular complexity index is 1230. The molecule has 2 aromatic rings. The van der Waals surface area contributed by atoms with Crippen LogP contribution in [0.1, 0.15) is 44.8 Å². The van der Waals surface area contributed by atoms with E-state index < -0.39 is 23.8 Å². The van der Waals surface area contributed by atoms with Crippen molar-refractivity contribution < 1.29 is 23.6 Å². The molecule has 0 unspecified atom stereocenters. The number of carbonyl (C=O) groups is 4. The van der Waals surface area contributed by atoms with Gasteiger partial charge in [0.25, 0.3) is 11.8 Å². The summed E-state index contributed by atoms with van der Waals surface area (Å²) >= 11 is 0. The molecule has 0 spiro atoms. The Balaban J connectivity index is 1.30. The van der Waals surface area contributed by atoms with E-state index in [0.29, 0.717) is 31.7 Å². The first-order chi connectivity index (χ1) is 15.9. The molecule has 1 N–H and O–H groups in total. The number of hydrogen-bond donors (Lipinski definition) is 1. The highest BCUT2D eigenvalue weighted by Crippen LogP contribution is 2.28. The van der Waals surface area contributed by atoms with Gasteiger partial charge in [-0.2, -0.15) is 5.01 Å². The predicted molar refractivity (Wildman–Crippen MR) is 114 cm³/mol. The van der Waals surface area contributed by atoms with E-state index in [-0.39, 0.29) is 29.9 Å². The number of nitrogens with one attached hydrogen (secondary N) is 1. The standard InChI is InChI=1S/C23H20FN5O4/c24-18-2-1-8-25-20(18)15-5-9-27(10-6-15)13-14-3-4-16-17(12-14)22(32)29(21(16)31)28-11-7-19(30)26-23(28)33/h1-5,8,12H,6-7,9-11,13H2,(H,26,30,33). The van der Waals surface area contributed by atoms with E-state index in [4.69, 9.17) is 0 Å². The van der Waals surface area contributed by atoms with Crippen molar-refractivity contribution in [1.29, 1.82) is 0 Å². The number of benzene rings is 1. The van der Waals surface area contributed by atoms with E-state index in [1.165, 1.54) is 6.07 Å². The van der Waals surface area contributed by atoms with Crippen LogP contribution in [0.4, 0.5) is 9.18 Å². The summed E-state index contributed by atoms with van der Waals surface area (Å²) in [5, 5.41) is 3.89. The number of amides is 5. The number of halogens is 1. The molecule has 0 saturated carbocycles. The zero-order chi connectivity index (χ0) is 23.1. The third kappa shape index (κ3) is 3.78. The van der Waals surface area contributed by atoms with E-state index in [1.54, 1.807) is 30.5 Å². The lowest BCUT2D eigenvalue weighted by Crippen LogP contribution is -2.58. The average Bonchev–Trinajstić information content (AvgIpc) is 3.05. The second kappa shape index (κ2) is 8.21. The molecule has 1 saturated heterocycles. The molecule has 168 valence electrons. The lowest BCUT2D eigenvalue weighted by atomic mass is 10.0. The molecule has 0 aliphatic carbocycles. The predicted octanol–water partition coefficient (Wildman–Crippen LogP) is 1.96. The summed E-state index contributed by atoms with van der Waals surface area (Å²) in [5.74, 6) is -1.96. The minimum Gasteiger partial charge on any atom is -0.295 e. The molecular weight excluding hydrogens is 429 g/mol. The fourth-order valence-corrected chi connectivity index (χ4v) is 4.29. The molecule has 33 heavy (non-hydrogen) atoms. The second-order valence-electron chi connectivity index (χ2n) is 8.08. The van der Waals surface area contributed by atoms with Crippen LogP contribution in [0, 0.1) is 5.82 Å². The van der Waals surface area contributed by atoms with Crippen molar-refractivity contribution in [3.05, 3.63) is 70.8 Å². The largest absolute Gasteiger partial charge is 0.343 e. The molecule has 10 heteroatoms. The zero-order valence-corrected chi connectivity index (χ0v) is 17.6. The van der Waals surface area contributed by atoms with Crippen molar-refractivity contribution in [3.63, 3.8) is 0 Å². The van der Waals surface area contributed by atoms with Crippen LogP contribution in [0.3, 0.4) is 0 Å². The third-order valence-electron chi connectivity index (χ3n) is 5.96. The lowest BCUT2D eigenvalue weighted by Gasteiger charge is -2.32. The number of pyridine rings is 1. The highest BCUT2D eigenvalue weighted by molar-refractivity contribution is 6.22. The first kappa shape index (κ1) is 21.0. The first-order valence-electron chi connectivity index (χ1n) is 10.6. The van der Waals surface area contributed by atoms with E-state index in [0.717, 1.165) is 21.2 Å². The van der Waals surface area contributed by atoms with Gasteiger partial charge in [-0.1, -0.05) is 12.1 Å². The van der Waals surface area contributed by atoms with Crippen molar-refractivity contribution >= 4 is 29.3 Å². The number of aromatic nitrogens is 1. The van der Waals surface area contributed by atoms with Crippen molar-refractivity contribution in [1.82, 2.24) is 25.2 Å². The molecular formula is C23H20FN5O4. The highest BCUT2D eigenvalue weighted by Gasteiger charge is 2.43. The van der Waals surface area contributed by atoms with Gasteiger partial charge in [0, 0.05) is 32.3 Å². The van der Waals surface area contributed by atoms with Crippen LogP contribution in [0.15, 0.2) is 42.6 Å². The van der Waals surface area contributed by atoms with E-state index >= 15 is 0 Å². The van der Waals surface area contributed by atoms with Crippen LogP contribution in [-0.4, -0.2) is 63.3 Å². The van der Waals surface area contributed by atoms with Crippen molar-refractivity contribution in [2.24, 2.45) is 0 Å². The van der Waals surface area contributed by atoms with E-state index in [2.05, 4.69) is 15.2 Å². The van der Waals surface area contributed by atoms with Gasteiger partial charge >= 0.3 is 6.03 Å². The summed E-state index contributed by atoms with van der Waals surface area (Å²) < 4.78 is 14.0. The lowest BCUT2D eigenvalue weighted by molar-refractivity contribution is -0.122. The van der Waals surface area contributed by atoms with Gasteiger partial charge in [-0.05, 0) is 41.8 Å². The second-order valence-corrected chi connectivity index (χ2v) is 8.08. The molecule has 3 aliphatic heterocycles. The van der Waals surface area contributed by atoms with E-state index in [1.807, 2.05) is 6.08 Å². The van der Waals surface area contributed by atoms with Crippen molar-refractivity contribution in [3.8, 4) is 0 Å². The van der Waals surface area contributed by atoms with Crippen LogP contribution in [0.2, 0.25) is 0 Å². The van der Waals surface area contributed by atoms with Crippen LogP contribution in [0.25, 0.3) is 5.57 Å². The monoisotopic (exact) mass is 449 g/mol. The van der Waals surface area contributed by atoms with Gasteiger partial charge < -0.3 is 0 Å². The van der Waals surface area contributed by atoms with Crippen molar-refractivity contribution in [2.75, 3.05) is 19.6 Å². The average molecular weight is 449 g/mol. The fourth-order valence-electron chi connectivity index (χ4n) is 4.29. The minimum absolute atomic E-state index is 0.0112. The van der Waals surface area contributed by atoms with Gasteiger partial charge in [-0.25, -0.2) is 14.2 Å². The van der Waals surface area contributed by atoms with Crippen LogP contribution in [-0.2, 0) is 11.3 Å². The number of carbonyl (C=O) groups excluding carboxylic acids is 4. The summed E-state index contributed by atoms with van der Waals surface area (Å²) in [5.41, 5.74) is 2.54. The first-order valence-corrected chi connectivity index (χ1v) is 10.6. The molecule has 1 fully saturated rings. The number of rotatable bonds is 4. The maximum Gasteiger partial charge on any atom is 0.343 e. The smallest absolute Gasteiger partial charge is 0.295 e. The Kier molecular flexibility index (Phi) is 5.21. The van der Waals surface area contributed by atoms with E-state index in [9.17, 15) is 23.6 Å². The number of nitrogens with zero attached hydrogens (tertiary/aromatic N) is 4. The molecule has 0 bridgehead atoms. The number of imide groups is 2. The van der Waals surface area contributed by atoms with Gasteiger partial charge in [0.1, 0.15) is 11.5 Å². The zero-order valence-electron chi connectivity index (χ0n) is 17.6. The molecule has 0 radical (unpaired) electrons. The highest BCUT2D eigenvalue weighted by atomic mass is 19.1. The molecule has 0 atom stereocenters. The number of urea groups is 1. The molecule has 9 nitrogen and oxygen atoms in total. The maximum absolute atomic E-state index is 14.0. The van der Waals surface area contributed by atoms with Gasteiger partial charge in [0.05, 0.1) is 17.7 Å². The Hall–Kier alpha value is -3.92. The molecule has 5 amide bonds. The topological polar surface area (TPSA) is 103 Å². The maximum atomic E-state index is 14.0. The number of fused-ring (bicyclic) bond motifs is 1. The van der Waals surface area contributed by atoms with Crippen molar-refractivity contribution in [2.45, 2.75) is 19.4 Å². The summed E-state index contributed by atoms with van der Waals surface area (Å²) in [7, 11) is 0. The third-order valence-corrected chi connectivity index (χ3v) is 5.96. The Morgan fingerprint density at radius 3 is 2.55 bits per heavy atom. The van der Waals surface area contributed by atoms with Gasteiger partial charge in [-0.3, -0.25) is 29.6 Å². The summed E-state index contributed by atoms with van der Waals surface area (Å²) in [6.07, 6.45) is 4.18. The normalized spacial score (nSPS) is 19.0. The summed E-state index contributed by atoms with van der Waals surface area (Å²) in [4.78, 5) is 55.5. The number of hydrazine groups is 1. The molecule has 4 heterocycles. The van der Waals surface area contributed by atoms with Crippen LogP contribution < -0.4 is 5.32 Å². The SMILES string of the molecule is O=C1CCN(N2C(=O)c3ccc(CN4CC=C(c5ncccc5F)CC4)cc3C2=O)C(=O)N1. The molecule has 3 aliphatic rings. The van der Waals surface area contributed by atoms with Gasteiger partial charge in [0.2, 0.25) is 5.91 Å². The molecule has 5 rings (SSSR count). The quantitative estimate of drug-likeness (QED) is 0.716. The van der Waals surface area contributed by atoms with Crippen LogP contribution in [0.5, 0.6) is 0 Å².